The van der Waals surface area contributed by atoms with Gasteiger partial charge in [-0.3, -0.25) is 4.90 Å². The fourth-order valence-electron chi connectivity index (χ4n) is 2.88. The van der Waals surface area contributed by atoms with Gasteiger partial charge in [-0.1, -0.05) is 32.4 Å². The lowest BCUT2D eigenvalue weighted by atomic mass is 9.82. The molecule has 1 unspecified atom stereocenters. The summed E-state index contributed by atoms with van der Waals surface area (Å²) < 4.78 is 0. The highest BCUT2D eigenvalue weighted by atomic mass is 35.5. The highest BCUT2D eigenvalue weighted by Crippen LogP contribution is 2.31. The van der Waals surface area contributed by atoms with Crippen LogP contribution in [-0.2, 0) is 0 Å². The van der Waals surface area contributed by atoms with E-state index in [1.54, 1.807) is 5.54 Å². The fraction of sp³-hybridized carbons (Fsp3) is 0.867. The number of piperazine rings is 1. The molecule has 1 N–H and O–H groups in total. The molecule has 1 aliphatic rings. The molecule has 1 rings (SSSR count). The molecule has 0 spiro atoms. The molecule has 3 heteroatoms. The molecule has 0 aromatic heterocycles. The maximum Gasteiger partial charge on any atom is 0.0333 e. The second-order valence-electron chi connectivity index (χ2n) is 6.01. The average Bonchev–Trinajstić information content (AvgIpc) is 2.40. The van der Waals surface area contributed by atoms with Crippen molar-refractivity contribution in [3.8, 4) is 0 Å². The molecular formula is C15H29ClN2. The van der Waals surface area contributed by atoms with Crippen LogP contribution in [0.1, 0.15) is 53.9 Å². The first-order valence-electron chi connectivity index (χ1n) is 7.21. The quantitative estimate of drug-likeness (QED) is 0.820. The summed E-state index contributed by atoms with van der Waals surface area (Å²) in [5.41, 5.74) is 3.50. The zero-order valence-corrected chi connectivity index (χ0v) is 13.4. The van der Waals surface area contributed by atoms with Gasteiger partial charge in [0.05, 0.1) is 0 Å². The molecule has 106 valence electrons. The SMILES string of the molecule is CCC1(C)CN(CC(C)=CCl)C(CC)(CC)CN1. The van der Waals surface area contributed by atoms with E-state index in [4.69, 9.17) is 11.6 Å². The van der Waals surface area contributed by atoms with E-state index in [2.05, 4.69) is 44.8 Å². The Labute approximate surface area is 118 Å². The molecule has 0 aliphatic carbocycles. The van der Waals surface area contributed by atoms with Crippen molar-refractivity contribution in [2.24, 2.45) is 0 Å². The number of nitrogens with zero attached hydrogens (tertiary/aromatic N) is 1. The van der Waals surface area contributed by atoms with Crippen LogP contribution in [0.4, 0.5) is 0 Å². The Morgan fingerprint density at radius 2 is 1.89 bits per heavy atom. The van der Waals surface area contributed by atoms with Crippen molar-refractivity contribution in [1.82, 2.24) is 10.2 Å². The summed E-state index contributed by atoms with van der Waals surface area (Å²) in [5, 5.41) is 3.77. The first-order valence-corrected chi connectivity index (χ1v) is 7.65. The maximum atomic E-state index is 5.85. The van der Waals surface area contributed by atoms with Gasteiger partial charge in [-0.2, -0.15) is 0 Å². The summed E-state index contributed by atoms with van der Waals surface area (Å²) in [4.78, 5) is 2.64. The topological polar surface area (TPSA) is 15.3 Å². The molecule has 1 fully saturated rings. The lowest BCUT2D eigenvalue weighted by molar-refractivity contribution is 0.00971. The van der Waals surface area contributed by atoms with Crippen LogP contribution in [0.15, 0.2) is 11.1 Å². The van der Waals surface area contributed by atoms with Crippen molar-refractivity contribution in [2.45, 2.75) is 65.0 Å². The van der Waals surface area contributed by atoms with Gasteiger partial charge in [-0.05, 0) is 38.7 Å². The Bertz CT molecular complexity index is 297. The van der Waals surface area contributed by atoms with Gasteiger partial charge in [0, 0.05) is 36.2 Å². The van der Waals surface area contributed by atoms with Crippen molar-refractivity contribution in [3.05, 3.63) is 11.1 Å². The van der Waals surface area contributed by atoms with Crippen LogP contribution in [-0.4, -0.2) is 35.6 Å². The number of hydrogen-bond acceptors (Lipinski definition) is 2. The molecule has 0 bridgehead atoms. The van der Waals surface area contributed by atoms with Crippen LogP contribution in [0.2, 0.25) is 0 Å². The largest absolute Gasteiger partial charge is 0.308 e. The second-order valence-corrected chi connectivity index (χ2v) is 6.23. The van der Waals surface area contributed by atoms with Crippen molar-refractivity contribution >= 4 is 11.6 Å². The minimum atomic E-state index is 0.237. The number of halogens is 1. The average molecular weight is 273 g/mol. The summed E-state index contributed by atoms with van der Waals surface area (Å²) in [7, 11) is 0. The first-order chi connectivity index (χ1) is 8.45. The van der Waals surface area contributed by atoms with Crippen molar-refractivity contribution in [2.75, 3.05) is 19.6 Å². The third kappa shape index (κ3) is 3.28. The molecule has 1 heterocycles. The highest BCUT2D eigenvalue weighted by Gasteiger charge is 2.42. The van der Waals surface area contributed by atoms with Gasteiger partial charge in [0.1, 0.15) is 0 Å². The van der Waals surface area contributed by atoms with Gasteiger partial charge in [-0.15, -0.1) is 0 Å². The molecule has 0 amide bonds. The third-order valence-electron chi connectivity index (χ3n) is 4.78. The van der Waals surface area contributed by atoms with Gasteiger partial charge < -0.3 is 5.32 Å². The van der Waals surface area contributed by atoms with Crippen LogP contribution < -0.4 is 5.32 Å². The number of rotatable bonds is 5. The van der Waals surface area contributed by atoms with Crippen LogP contribution >= 0.6 is 11.6 Å². The van der Waals surface area contributed by atoms with Gasteiger partial charge in [0.15, 0.2) is 0 Å². The lowest BCUT2D eigenvalue weighted by Crippen LogP contribution is -2.68. The summed E-state index contributed by atoms with van der Waals surface area (Å²) in [6.07, 6.45) is 3.54. The molecular weight excluding hydrogens is 244 g/mol. The van der Waals surface area contributed by atoms with Crippen LogP contribution in [0.3, 0.4) is 0 Å². The summed E-state index contributed by atoms with van der Waals surface area (Å²) in [5.74, 6) is 0. The van der Waals surface area contributed by atoms with Crippen LogP contribution in [0.5, 0.6) is 0 Å². The minimum absolute atomic E-state index is 0.237. The predicted octanol–water partition coefficient (Wildman–Crippen LogP) is 3.76. The molecule has 0 aromatic rings. The van der Waals surface area contributed by atoms with Gasteiger partial charge >= 0.3 is 0 Å². The van der Waals surface area contributed by atoms with Gasteiger partial charge in [0.25, 0.3) is 0 Å². The van der Waals surface area contributed by atoms with E-state index in [-0.39, 0.29) is 11.1 Å². The second kappa shape index (κ2) is 6.40. The molecule has 0 radical (unpaired) electrons. The first kappa shape index (κ1) is 16.0. The van der Waals surface area contributed by atoms with E-state index in [9.17, 15) is 0 Å². The zero-order chi connectivity index (χ0) is 13.8. The van der Waals surface area contributed by atoms with Crippen molar-refractivity contribution < 1.29 is 0 Å². The van der Waals surface area contributed by atoms with E-state index in [0.29, 0.717) is 0 Å². The lowest BCUT2D eigenvalue weighted by Gasteiger charge is -2.53. The molecule has 0 aromatic carbocycles. The van der Waals surface area contributed by atoms with Crippen LogP contribution in [0.25, 0.3) is 0 Å². The van der Waals surface area contributed by atoms with E-state index in [1.165, 1.54) is 18.4 Å². The van der Waals surface area contributed by atoms with Gasteiger partial charge in [-0.25, -0.2) is 0 Å². The summed E-state index contributed by atoms with van der Waals surface area (Å²) >= 11 is 5.85. The Kier molecular flexibility index (Phi) is 5.69. The zero-order valence-electron chi connectivity index (χ0n) is 12.6. The molecule has 1 aliphatic heterocycles. The monoisotopic (exact) mass is 272 g/mol. The summed E-state index contributed by atoms with van der Waals surface area (Å²) in [6.45, 7) is 14.5. The molecule has 1 atom stereocenters. The number of nitrogens with one attached hydrogen (secondary N) is 1. The van der Waals surface area contributed by atoms with Gasteiger partial charge in [0.2, 0.25) is 0 Å². The standard InChI is InChI=1S/C15H29ClN2/c1-6-14(5)12-18(10-13(4)9-16)15(7-2,8-3)11-17-14/h9,17H,6-8,10-12H2,1-5H3. The Morgan fingerprint density at radius 1 is 1.28 bits per heavy atom. The Morgan fingerprint density at radius 3 is 2.33 bits per heavy atom. The van der Waals surface area contributed by atoms with Crippen molar-refractivity contribution in [3.63, 3.8) is 0 Å². The number of hydrogen-bond donors (Lipinski definition) is 1. The predicted molar refractivity (Wildman–Crippen MR) is 81.2 cm³/mol. The molecule has 0 saturated carbocycles. The molecule has 2 nitrogen and oxygen atoms in total. The summed E-state index contributed by atoms with van der Waals surface area (Å²) in [6, 6.07) is 0. The van der Waals surface area contributed by atoms with E-state index >= 15 is 0 Å². The Balaban J connectivity index is 2.92. The molecule has 1 saturated heterocycles. The molecule has 18 heavy (non-hydrogen) atoms. The normalized spacial score (nSPS) is 29.6. The maximum absolute atomic E-state index is 5.85. The Hall–Kier alpha value is -0.0500. The van der Waals surface area contributed by atoms with E-state index in [0.717, 1.165) is 26.1 Å². The van der Waals surface area contributed by atoms with E-state index < -0.39 is 0 Å². The van der Waals surface area contributed by atoms with Crippen molar-refractivity contribution in [1.29, 1.82) is 0 Å². The smallest absolute Gasteiger partial charge is 0.0333 e. The minimum Gasteiger partial charge on any atom is -0.308 e. The fourth-order valence-corrected chi connectivity index (χ4v) is 2.95. The van der Waals surface area contributed by atoms with Crippen LogP contribution in [0, 0.1) is 0 Å². The highest BCUT2D eigenvalue weighted by molar-refractivity contribution is 6.25. The van der Waals surface area contributed by atoms with E-state index in [1.807, 2.05) is 0 Å². The third-order valence-corrected chi connectivity index (χ3v) is 5.15.